The Morgan fingerprint density at radius 3 is 2.60 bits per heavy atom. The maximum atomic E-state index is 14.0. The number of hydrogen-bond donors (Lipinski definition) is 2. The summed E-state index contributed by atoms with van der Waals surface area (Å²) in [5.74, 6) is -4.84. The van der Waals surface area contributed by atoms with Gasteiger partial charge in [0.1, 0.15) is 11.4 Å². The number of aryl methyl sites for hydroxylation is 1. The van der Waals surface area contributed by atoms with Gasteiger partial charge in [-0.1, -0.05) is 6.07 Å². The lowest BCUT2D eigenvalue weighted by Gasteiger charge is -2.41. The number of halogens is 2. The van der Waals surface area contributed by atoms with E-state index in [1.165, 1.54) is 13.2 Å². The van der Waals surface area contributed by atoms with E-state index in [4.69, 9.17) is 4.74 Å². The predicted molar refractivity (Wildman–Crippen MR) is 70.1 cm³/mol. The average molecular weight is 285 g/mol. The summed E-state index contributed by atoms with van der Waals surface area (Å²) in [5.41, 5.74) is -1.34. The van der Waals surface area contributed by atoms with E-state index in [0.717, 1.165) is 0 Å². The van der Waals surface area contributed by atoms with Crippen LogP contribution in [-0.4, -0.2) is 29.6 Å². The van der Waals surface area contributed by atoms with E-state index >= 15 is 0 Å². The van der Waals surface area contributed by atoms with Crippen molar-refractivity contribution in [3.63, 3.8) is 0 Å². The van der Waals surface area contributed by atoms with Gasteiger partial charge in [-0.15, -0.1) is 0 Å². The zero-order chi connectivity index (χ0) is 15.0. The summed E-state index contributed by atoms with van der Waals surface area (Å²) in [4.78, 5) is 11.8. The van der Waals surface area contributed by atoms with Crippen molar-refractivity contribution in [2.45, 2.75) is 37.7 Å². The fraction of sp³-hybridized carbons (Fsp3) is 0.500. The molecule has 1 aromatic rings. The van der Waals surface area contributed by atoms with Crippen LogP contribution in [0.3, 0.4) is 0 Å². The summed E-state index contributed by atoms with van der Waals surface area (Å²) >= 11 is 0. The van der Waals surface area contributed by atoms with Crippen molar-refractivity contribution >= 4 is 11.6 Å². The third-order valence-electron chi connectivity index (χ3n) is 3.74. The quantitative estimate of drug-likeness (QED) is 0.893. The SMILES string of the molecule is COc1ccc(C)c(NC(=O)C(F)(F)C2(O)CCC2)c1. The first kappa shape index (κ1) is 14.7. The van der Waals surface area contributed by atoms with Crippen molar-refractivity contribution in [3.8, 4) is 5.75 Å². The molecule has 6 heteroatoms. The Hall–Kier alpha value is -1.69. The summed E-state index contributed by atoms with van der Waals surface area (Å²) < 4.78 is 32.9. The molecule has 0 heterocycles. The minimum Gasteiger partial charge on any atom is -0.497 e. The molecule has 1 aromatic carbocycles. The topological polar surface area (TPSA) is 58.6 Å². The number of hydrogen-bond acceptors (Lipinski definition) is 3. The van der Waals surface area contributed by atoms with Crippen molar-refractivity contribution in [2.75, 3.05) is 12.4 Å². The van der Waals surface area contributed by atoms with E-state index in [2.05, 4.69) is 5.32 Å². The third-order valence-corrected chi connectivity index (χ3v) is 3.74. The van der Waals surface area contributed by atoms with E-state index in [9.17, 15) is 18.7 Å². The van der Waals surface area contributed by atoms with E-state index in [-0.39, 0.29) is 18.5 Å². The second-order valence-electron chi connectivity index (χ2n) is 5.09. The molecular weight excluding hydrogens is 268 g/mol. The molecule has 0 unspecified atom stereocenters. The van der Waals surface area contributed by atoms with Crippen molar-refractivity contribution in [1.29, 1.82) is 0 Å². The fourth-order valence-corrected chi connectivity index (χ4v) is 2.10. The number of anilines is 1. The van der Waals surface area contributed by atoms with Gasteiger partial charge in [-0.25, -0.2) is 0 Å². The Kier molecular flexibility index (Phi) is 3.69. The predicted octanol–water partition coefficient (Wildman–Crippen LogP) is 2.49. The molecule has 2 rings (SSSR count). The molecule has 1 amide bonds. The van der Waals surface area contributed by atoms with Crippen LogP contribution in [0.2, 0.25) is 0 Å². The van der Waals surface area contributed by atoms with Gasteiger partial charge in [-0.2, -0.15) is 8.78 Å². The standard InChI is InChI=1S/C14H17F2NO3/c1-9-4-5-10(20-2)8-11(9)17-12(18)14(15,16)13(19)6-3-7-13/h4-5,8,19H,3,6-7H2,1-2H3,(H,17,18). The van der Waals surface area contributed by atoms with Gasteiger partial charge in [0.2, 0.25) is 0 Å². The molecule has 0 aromatic heterocycles. The molecule has 1 aliphatic rings. The lowest BCUT2D eigenvalue weighted by Crippen LogP contribution is -2.59. The van der Waals surface area contributed by atoms with Crippen molar-refractivity contribution in [2.24, 2.45) is 0 Å². The van der Waals surface area contributed by atoms with Gasteiger partial charge in [0.05, 0.1) is 7.11 Å². The molecule has 0 bridgehead atoms. The van der Waals surface area contributed by atoms with Crippen LogP contribution in [0.25, 0.3) is 0 Å². The number of carbonyl (C=O) groups excluding carboxylic acids is 1. The van der Waals surface area contributed by atoms with Gasteiger partial charge < -0.3 is 15.2 Å². The highest BCUT2D eigenvalue weighted by molar-refractivity contribution is 5.97. The molecule has 1 aliphatic carbocycles. The fourth-order valence-electron chi connectivity index (χ4n) is 2.10. The van der Waals surface area contributed by atoms with Gasteiger partial charge in [0.25, 0.3) is 5.91 Å². The second kappa shape index (κ2) is 5.01. The van der Waals surface area contributed by atoms with Crippen LogP contribution in [-0.2, 0) is 4.79 Å². The molecule has 0 atom stereocenters. The number of aliphatic hydroxyl groups is 1. The molecule has 1 saturated carbocycles. The van der Waals surface area contributed by atoms with Gasteiger partial charge in [0, 0.05) is 11.8 Å². The summed E-state index contributed by atoms with van der Waals surface area (Å²) in [7, 11) is 1.45. The van der Waals surface area contributed by atoms with Crippen LogP contribution in [0.1, 0.15) is 24.8 Å². The first-order valence-corrected chi connectivity index (χ1v) is 6.36. The summed E-state index contributed by atoms with van der Waals surface area (Å²) in [6.45, 7) is 1.69. The Morgan fingerprint density at radius 2 is 2.10 bits per heavy atom. The monoisotopic (exact) mass is 285 g/mol. The summed E-state index contributed by atoms with van der Waals surface area (Å²) in [6, 6.07) is 4.79. The highest BCUT2D eigenvalue weighted by Gasteiger charge is 2.61. The van der Waals surface area contributed by atoms with E-state index in [0.29, 0.717) is 17.7 Å². The van der Waals surface area contributed by atoms with E-state index in [1.54, 1.807) is 19.1 Å². The van der Waals surface area contributed by atoms with Crippen molar-refractivity contribution < 1.29 is 23.4 Å². The molecule has 20 heavy (non-hydrogen) atoms. The van der Waals surface area contributed by atoms with Gasteiger partial charge in [0.15, 0.2) is 0 Å². The molecule has 0 radical (unpaired) electrons. The van der Waals surface area contributed by atoms with Gasteiger partial charge in [-0.05, 0) is 37.8 Å². The molecule has 1 fully saturated rings. The average Bonchev–Trinajstić information content (AvgIpc) is 2.38. The number of nitrogens with one attached hydrogen (secondary N) is 1. The van der Waals surface area contributed by atoms with E-state index < -0.39 is 17.4 Å². The molecular formula is C14H17F2NO3. The Bertz CT molecular complexity index is 527. The summed E-state index contributed by atoms with van der Waals surface area (Å²) in [6.07, 6.45) is 0.368. The maximum absolute atomic E-state index is 14.0. The number of benzene rings is 1. The Morgan fingerprint density at radius 1 is 1.45 bits per heavy atom. The number of methoxy groups -OCH3 is 1. The zero-order valence-electron chi connectivity index (χ0n) is 11.4. The maximum Gasteiger partial charge on any atom is 0.352 e. The molecule has 0 aliphatic heterocycles. The van der Waals surface area contributed by atoms with Crippen molar-refractivity contribution in [3.05, 3.63) is 23.8 Å². The minimum atomic E-state index is -3.80. The lowest BCUT2D eigenvalue weighted by atomic mass is 9.75. The largest absolute Gasteiger partial charge is 0.497 e. The molecule has 4 nitrogen and oxygen atoms in total. The van der Waals surface area contributed by atoms with Gasteiger partial charge >= 0.3 is 5.92 Å². The van der Waals surface area contributed by atoms with Gasteiger partial charge in [-0.3, -0.25) is 4.79 Å². The number of carbonyl (C=O) groups is 1. The number of amides is 1. The molecule has 0 saturated heterocycles. The first-order chi connectivity index (χ1) is 9.30. The highest BCUT2D eigenvalue weighted by Crippen LogP contribution is 2.44. The molecule has 2 N–H and O–H groups in total. The Labute approximate surface area is 115 Å². The highest BCUT2D eigenvalue weighted by atomic mass is 19.3. The molecule has 0 spiro atoms. The second-order valence-corrected chi connectivity index (χ2v) is 5.09. The first-order valence-electron chi connectivity index (χ1n) is 6.36. The Balaban J connectivity index is 2.19. The number of ether oxygens (including phenoxy) is 1. The van der Waals surface area contributed by atoms with Crippen LogP contribution >= 0.6 is 0 Å². The smallest absolute Gasteiger partial charge is 0.352 e. The van der Waals surface area contributed by atoms with Crippen LogP contribution < -0.4 is 10.1 Å². The van der Waals surface area contributed by atoms with Crippen LogP contribution in [0.5, 0.6) is 5.75 Å². The number of alkyl halides is 2. The van der Waals surface area contributed by atoms with Crippen LogP contribution in [0.4, 0.5) is 14.5 Å². The normalized spacial score (nSPS) is 17.2. The van der Waals surface area contributed by atoms with Crippen LogP contribution in [0.15, 0.2) is 18.2 Å². The minimum absolute atomic E-state index is 0.0650. The molecule has 110 valence electrons. The van der Waals surface area contributed by atoms with E-state index in [1.807, 2.05) is 0 Å². The third kappa shape index (κ3) is 2.35. The van der Waals surface area contributed by atoms with Crippen molar-refractivity contribution in [1.82, 2.24) is 0 Å². The number of rotatable bonds is 4. The zero-order valence-corrected chi connectivity index (χ0v) is 11.4. The lowest BCUT2D eigenvalue weighted by molar-refractivity contribution is -0.212. The van der Waals surface area contributed by atoms with Crippen LogP contribution in [0, 0.1) is 6.92 Å². The summed E-state index contributed by atoms with van der Waals surface area (Å²) in [5, 5.41) is 11.9.